The average Bonchev–Trinajstić information content (AvgIpc) is 2.43. The van der Waals surface area contributed by atoms with Gasteiger partial charge in [0.25, 0.3) is 10.1 Å². The predicted octanol–water partition coefficient (Wildman–Crippen LogP) is 5.46. The summed E-state index contributed by atoms with van der Waals surface area (Å²) in [4.78, 5) is 0.0576. The molecule has 0 aliphatic rings. The molecule has 126 valence electrons. The highest BCUT2D eigenvalue weighted by atomic mass is 32.2. The Labute approximate surface area is 139 Å². The van der Waals surface area contributed by atoms with Gasteiger partial charge in [-0.15, -0.1) is 0 Å². The van der Waals surface area contributed by atoms with Crippen molar-refractivity contribution in [3.63, 3.8) is 0 Å². The molecule has 4 heteroatoms. The van der Waals surface area contributed by atoms with Gasteiger partial charge in [-0.2, -0.15) is 8.42 Å². The lowest BCUT2D eigenvalue weighted by atomic mass is 9.88. The maximum absolute atomic E-state index is 12.0. The fraction of sp³-hybridized carbons (Fsp3) is 0.474. The van der Waals surface area contributed by atoms with Crippen molar-refractivity contribution in [1.29, 1.82) is 0 Å². The molecule has 3 nitrogen and oxygen atoms in total. The molecule has 0 radical (unpaired) electrons. The molecule has 2 aromatic rings. The van der Waals surface area contributed by atoms with E-state index < -0.39 is 10.1 Å². The van der Waals surface area contributed by atoms with E-state index in [1.54, 1.807) is 0 Å². The molecule has 0 saturated heterocycles. The zero-order valence-electron chi connectivity index (χ0n) is 14.7. The van der Waals surface area contributed by atoms with Crippen molar-refractivity contribution in [3.8, 4) is 0 Å². The van der Waals surface area contributed by atoms with Gasteiger partial charge in [-0.05, 0) is 39.8 Å². The Morgan fingerprint density at radius 3 is 1.78 bits per heavy atom. The van der Waals surface area contributed by atoms with Crippen molar-refractivity contribution in [3.05, 3.63) is 41.0 Å². The molecule has 2 aromatic carbocycles. The van der Waals surface area contributed by atoms with Crippen LogP contribution >= 0.6 is 0 Å². The number of hydrogen-bond donors (Lipinski definition) is 1. The second-order valence-electron chi connectivity index (χ2n) is 7.13. The Hall–Kier alpha value is -1.39. The Morgan fingerprint density at radius 1 is 0.783 bits per heavy atom. The van der Waals surface area contributed by atoms with E-state index in [-0.39, 0.29) is 16.7 Å². The molecule has 1 N–H and O–H groups in total. The van der Waals surface area contributed by atoms with Gasteiger partial charge in [0, 0.05) is 5.39 Å². The summed E-state index contributed by atoms with van der Waals surface area (Å²) in [6.45, 7) is 12.3. The topological polar surface area (TPSA) is 54.4 Å². The minimum Gasteiger partial charge on any atom is -0.282 e. The Morgan fingerprint density at radius 2 is 1.35 bits per heavy atom. The minimum atomic E-state index is -4.28. The standard InChI is InChI=1S/C19H26O3S/c1-11(2)14-7-8-15-18(9-14)16(12(3)4)10-17(13(5)6)19(15)23(20,21)22/h7-13H,1-6H3,(H,20,21,22). The van der Waals surface area contributed by atoms with E-state index in [0.717, 1.165) is 16.5 Å². The first-order valence-electron chi connectivity index (χ1n) is 8.12. The third-order valence-electron chi connectivity index (χ3n) is 4.34. The molecule has 2 rings (SSSR count). The zero-order valence-corrected chi connectivity index (χ0v) is 15.5. The summed E-state index contributed by atoms with van der Waals surface area (Å²) in [5.41, 5.74) is 2.97. The van der Waals surface area contributed by atoms with Gasteiger partial charge in [0.15, 0.2) is 0 Å². The molecule has 0 spiro atoms. The normalized spacial score (nSPS) is 12.8. The van der Waals surface area contributed by atoms with Crippen LogP contribution in [0, 0.1) is 0 Å². The van der Waals surface area contributed by atoms with Crippen LogP contribution in [-0.2, 0) is 10.1 Å². The van der Waals surface area contributed by atoms with E-state index in [9.17, 15) is 13.0 Å². The van der Waals surface area contributed by atoms with E-state index in [1.165, 1.54) is 0 Å². The molecule has 0 aliphatic heterocycles. The first-order valence-corrected chi connectivity index (χ1v) is 9.56. The van der Waals surface area contributed by atoms with Gasteiger partial charge in [-0.3, -0.25) is 4.55 Å². The molecule has 0 saturated carbocycles. The monoisotopic (exact) mass is 334 g/mol. The van der Waals surface area contributed by atoms with Crippen LogP contribution in [0.5, 0.6) is 0 Å². The lowest BCUT2D eigenvalue weighted by Crippen LogP contribution is -2.08. The third kappa shape index (κ3) is 3.43. The smallest absolute Gasteiger partial charge is 0.282 e. The van der Waals surface area contributed by atoms with Crippen LogP contribution in [0.15, 0.2) is 29.2 Å². The van der Waals surface area contributed by atoms with Gasteiger partial charge >= 0.3 is 0 Å². The highest BCUT2D eigenvalue weighted by Gasteiger charge is 2.24. The maximum atomic E-state index is 12.0. The third-order valence-corrected chi connectivity index (χ3v) is 5.31. The lowest BCUT2D eigenvalue weighted by Gasteiger charge is -2.20. The molecule has 0 aromatic heterocycles. The molecule has 0 amide bonds. The Kier molecular flexibility index (Phi) is 4.88. The van der Waals surface area contributed by atoms with Crippen LogP contribution in [0.4, 0.5) is 0 Å². The summed E-state index contributed by atoms with van der Waals surface area (Å²) in [5.74, 6) is 0.643. The van der Waals surface area contributed by atoms with Gasteiger partial charge < -0.3 is 0 Å². The van der Waals surface area contributed by atoms with Crippen molar-refractivity contribution in [1.82, 2.24) is 0 Å². The fourth-order valence-electron chi connectivity index (χ4n) is 3.02. The lowest BCUT2D eigenvalue weighted by molar-refractivity contribution is 0.482. The number of benzene rings is 2. The molecule has 0 aliphatic carbocycles. The highest BCUT2D eigenvalue weighted by Crippen LogP contribution is 2.37. The summed E-state index contributed by atoms with van der Waals surface area (Å²) in [6.07, 6.45) is 0. The van der Waals surface area contributed by atoms with Crippen LogP contribution in [0.3, 0.4) is 0 Å². The van der Waals surface area contributed by atoms with Crippen molar-refractivity contribution in [2.45, 2.75) is 64.2 Å². The van der Waals surface area contributed by atoms with E-state index in [4.69, 9.17) is 0 Å². The molecule has 23 heavy (non-hydrogen) atoms. The van der Waals surface area contributed by atoms with Gasteiger partial charge in [0.05, 0.1) is 0 Å². The van der Waals surface area contributed by atoms with Gasteiger partial charge in [-0.25, -0.2) is 0 Å². The van der Waals surface area contributed by atoms with Gasteiger partial charge in [0.2, 0.25) is 0 Å². The van der Waals surface area contributed by atoms with E-state index in [1.807, 2.05) is 32.0 Å². The molecule has 0 heterocycles. The summed E-state index contributed by atoms with van der Waals surface area (Å²) in [5, 5.41) is 1.54. The molecule has 0 atom stereocenters. The SMILES string of the molecule is CC(C)c1ccc2c(S(=O)(=O)O)c(C(C)C)cc(C(C)C)c2c1. The molecule has 0 fully saturated rings. The first kappa shape index (κ1) is 18.0. The quantitative estimate of drug-likeness (QED) is 0.756. The van der Waals surface area contributed by atoms with Gasteiger partial charge in [0.1, 0.15) is 4.90 Å². The number of rotatable bonds is 4. The van der Waals surface area contributed by atoms with Crippen molar-refractivity contribution in [2.24, 2.45) is 0 Å². The van der Waals surface area contributed by atoms with E-state index in [2.05, 4.69) is 33.8 Å². The summed E-state index contributed by atoms with van der Waals surface area (Å²) < 4.78 is 33.9. The van der Waals surface area contributed by atoms with E-state index in [0.29, 0.717) is 16.9 Å². The van der Waals surface area contributed by atoms with Crippen LogP contribution in [0.1, 0.15) is 76.0 Å². The van der Waals surface area contributed by atoms with Crippen molar-refractivity contribution >= 4 is 20.9 Å². The minimum absolute atomic E-state index is 0.0126. The largest absolute Gasteiger partial charge is 0.295 e. The first-order chi connectivity index (χ1) is 10.5. The maximum Gasteiger partial charge on any atom is 0.295 e. The number of fused-ring (bicyclic) bond motifs is 1. The van der Waals surface area contributed by atoms with Crippen molar-refractivity contribution in [2.75, 3.05) is 0 Å². The predicted molar refractivity (Wildman–Crippen MR) is 96.0 cm³/mol. The van der Waals surface area contributed by atoms with Crippen LogP contribution in [0.2, 0.25) is 0 Å². The summed E-state index contributed by atoms with van der Waals surface area (Å²) in [6, 6.07) is 7.81. The highest BCUT2D eigenvalue weighted by molar-refractivity contribution is 7.86. The second-order valence-corrected chi connectivity index (χ2v) is 8.49. The van der Waals surface area contributed by atoms with Crippen LogP contribution in [0.25, 0.3) is 10.8 Å². The second kappa shape index (κ2) is 6.25. The molecule has 0 unspecified atom stereocenters. The average molecular weight is 334 g/mol. The van der Waals surface area contributed by atoms with Gasteiger partial charge in [-0.1, -0.05) is 65.8 Å². The van der Waals surface area contributed by atoms with Crippen LogP contribution < -0.4 is 0 Å². The van der Waals surface area contributed by atoms with Crippen LogP contribution in [-0.4, -0.2) is 13.0 Å². The molecular formula is C19H26O3S. The Bertz CT molecular complexity index is 831. The fourth-order valence-corrected chi connectivity index (χ4v) is 4.07. The zero-order chi connectivity index (χ0) is 17.5. The van der Waals surface area contributed by atoms with Crippen molar-refractivity contribution < 1.29 is 13.0 Å². The molecular weight excluding hydrogens is 308 g/mol. The summed E-state index contributed by atoms with van der Waals surface area (Å²) >= 11 is 0. The molecule has 0 bridgehead atoms. The summed E-state index contributed by atoms with van der Waals surface area (Å²) in [7, 11) is -4.28. The Balaban J connectivity index is 3.03. The number of hydrogen-bond acceptors (Lipinski definition) is 2. The van der Waals surface area contributed by atoms with E-state index >= 15 is 0 Å².